The molecular formula is C11H16N2O4. The van der Waals surface area contributed by atoms with E-state index in [1.165, 1.54) is 7.11 Å². The number of aromatic nitrogens is 2. The number of carboxylic acid groups (broad SMARTS) is 1. The SMILES string of the molecule is CCn1ccnc1C(CC(=O)O)CC(=O)OC. The number of carbonyl (C=O) groups excluding carboxylic acids is 1. The Labute approximate surface area is 99.2 Å². The minimum absolute atomic E-state index is 0.0276. The van der Waals surface area contributed by atoms with E-state index >= 15 is 0 Å². The van der Waals surface area contributed by atoms with Gasteiger partial charge in [-0.05, 0) is 6.92 Å². The predicted octanol–water partition coefficient (Wildman–Crippen LogP) is 1.02. The van der Waals surface area contributed by atoms with Gasteiger partial charge in [0.05, 0.1) is 20.0 Å². The smallest absolute Gasteiger partial charge is 0.306 e. The molecule has 1 aromatic heterocycles. The van der Waals surface area contributed by atoms with Crippen LogP contribution in [0, 0.1) is 0 Å². The van der Waals surface area contributed by atoms with Crippen LogP contribution < -0.4 is 0 Å². The number of aryl methyl sites for hydroxylation is 1. The lowest BCUT2D eigenvalue weighted by Gasteiger charge is -2.14. The Kier molecular flexibility index (Phi) is 4.68. The molecule has 6 heteroatoms. The van der Waals surface area contributed by atoms with E-state index in [0.29, 0.717) is 12.4 Å². The summed E-state index contributed by atoms with van der Waals surface area (Å²) in [6.45, 7) is 2.62. The Morgan fingerprint density at radius 3 is 2.76 bits per heavy atom. The fourth-order valence-corrected chi connectivity index (χ4v) is 1.70. The van der Waals surface area contributed by atoms with Crippen LogP contribution in [0.3, 0.4) is 0 Å². The molecule has 6 nitrogen and oxygen atoms in total. The van der Waals surface area contributed by atoms with Gasteiger partial charge in [0.1, 0.15) is 5.82 Å². The van der Waals surface area contributed by atoms with Crippen LogP contribution in [0.5, 0.6) is 0 Å². The van der Waals surface area contributed by atoms with Crippen LogP contribution in [0.2, 0.25) is 0 Å². The average Bonchev–Trinajstić information content (AvgIpc) is 2.75. The molecule has 0 spiro atoms. The first-order chi connectivity index (χ1) is 8.08. The Balaban J connectivity index is 2.89. The third kappa shape index (κ3) is 3.58. The minimum atomic E-state index is -0.954. The van der Waals surface area contributed by atoms with Gasteiger partial charge in [-0.25, -0.2) is 4.98 Å². The quantitative estimate of drug-likeness (QED) is 0.751. The number of imidazole rings is 1. The summed E-state index contributed by atoms with van der Waals surface area (Å²) < 4.78 is 6.39. The summed E-state index contributed by atoms with van der Waals surface area (Å²) >= 11 is 0. The molecule has 17 heavy (non-hydrogen) atoms. The molecule has 0 fully saturated rings. The number of hydrogen-bond donors (Lipinski definition) is 1. The lowest BCUT2D eigenvalue weighted by atomic mass is 10.0. The molecule has 0 aliphatic carbocycles. The van der Waals surface area contributed by atoms with Gasteiger partial charge in [-0.15, -0.1) is 0 Å². The molecule has 0 aliphatic rings. The van der Waals surface area contributed by atoms with Crippen LogP contribution in [0.4, 0.5) is 0 Å². The van der Waals surface area contributed by atoms with Gasteiger partial charge in [-0.3, -0.25) is 9.59 Å². The van der Waals surface area contributed by atoms with Gasteiger partial charge in [0, 0.05) is 24.9 Å². The average molecular weight is 240 g/mol. The second kappa shape index (κ2) is 6.03. The molecule has 1 aromatic rings. The first-order valence-corrected chi connectivity index (χ1v) is 5.38. The van der Waals surface area contributed by atoms with E-state index in [0.717, 1.165) is 0 Å². The van der Waals surface area contributed by atoms with Gasteiger partial charge in [0.25, 0.3) is 0 Å². The molecule has 0 amide bonds. The standard InChI is InChI=1S/C11H16N2O4/c1-3-13-5-4-12-11(13)8(6-9(14)15)7-10(16)17-2/h4-5,8H,3,6-7H2,1-2H3,(H,14,15). The van der Waals surface area contributed by atoms with Crippen molar-refractivity contribution in [3.63, 3.8) is 0 Å². The number of aliphatic carboxylic acids is 1. The van der Waals surface area contributed by atoms with Crippen molar-refractivity contribution in [3.8, 4) is 0 Å². The number of ether oxygens (including phenoxy) is 1. The van der Waals surface area contributed by atoms with Gasteiger partial charge < -0.3 is 14.4 Å². The summed E-state index contributed by atoms with van der Waals surface area (Å²) in [4.78, 5) is 26.2. The van der Waals surface area contributed by atoms with E-state index in [2.05, 4.69) is 9.72 Å². The number of carbonyl (C=O) groups is 2. The first-order valence-electron chi connectivity index (χ1n) is 5.38. The molecule has 1 heterocycles. The summed E-state index contributed by atoms with van der Waals surface area (Å²) in [5.74, 6) is -1.22. The van der Waals surface area contributed by atoms with Crippen LogP contribution in [-0.2, 0) is 20.9 Å². The molecule has 1 rings (SSSR count). The summed E-state index contributed by atoms with van der Waals surface area (Å²) in [7, 11) is 1.28. The maximum absolute atomic E-state index is 11.2. The molecule has 0 aromatic carbocycles. The van der Waals surface area contributed by atoms with Gasteiger partial charge in [0.2, 0.25) is 0 Å². The van der Waals surface area contributed by atoms with E-state index in [9.17, 15) is 9.59 Å². The molecule has 0 saturated carbocycles. The summed E-state index contributed by atoms with van der Waals surface area (Å²) in [6.07, 6.45) is 3.26. The van der Waals surface area contributed by atoms with E-state index in [-0.39, 0.29) is 12.8 Å². The summed E-state index contributed by atoms with van der Waals surface area (Å²) in [6, 6.07) is 0. The number of carboxylic acids is 1. The fraction of sp³-hybridized carbons (Fsp3) is 0.545. The number of methoxy groups -OCH3 is 1. The molecule has 1 atom stereocenters. The second-order valence-corrected chi connectivity index (χ2v) is 3.65. The lowest BCUT2D eigenvalue weighted by molar-refractivity contribution is -0.142. The monoisotopic (exact) mass is 240 g/mol. The van der Waals surface area contributed by atoms with Gasteiger partial charge in [-0.1, -0.05) is 0 Å². The highest BCUT2D eigenvalue weighted by Gasteiger charge is 2.23. The van der Waals surface area contributed by atoms with E-state index in [4.69, 9.17) is 5.11 Å². The van der Waals surface area contributed by atoms with Crippen molar-refractivity contribution in [2.75, 3.05) is 7.11 Å². The molecule has 0 saturated heterocycles. The Hall–Kier alpha value is -1.85. The largest absolute Gasteiger partial charge is 0.481 e. The van der Waals surface area contributed by atoms with Crippen molar-refractivity contribution in [1.82, 2.24) is 9.55 Å². The van der Waals surface area contributed by atoms with Crippen molar-refractivity contribution in [2.24, 2.45) is 0 Å². The van der Waals surface area contributed by atoms with Crippen molar-refractivity contribution in [2.45, 2.75) is 32.2 Å². The van der Waals surface area contributed by atoms with Crippen LogP contribution in [0.25, 0.3) is 0 Å². The molecule has 1 N–H and O–H groups in total. The topological polar surface area (TPSA) is 81.4 Å². The molecule has 1 unspecified atom stereocenters. The summed E-state index contributed by atoms with van der Waals surface area (Å²) in [5, 5.41) is 8.84. The Morgan fingerprint density at radius 1 is 1.53 bits per heavy atom. The highest BCUT2D eigenvalue weighted by Crippen LogP contribution is 2.22. The second-order valence-electron chi connectivity index (χ2n) is 3.65. The number of esters is 1. The zero-order valence-electron chi connectivity index (χ0n) is 9.92. The predicted molar refractivity (Wildman–Crippen MR) is 59.5 cm³/mol. The van der Waals surface area contributed by atoms with E-state index in [1.54, 1.807) is 12.4 Å². The normalized spacial score (nSPS) is 12.1. The van der Waals surface area contributed by atoms with Crippen LogP contribution in [-0.4, -0.2) is 33.7 Å². The maximum Gasteiger partial charge on any atom is 0.306 e. The highest BCUT2D eigenvalue weighted by atomic mass is 16.5. The highest BCUT2D eigenvalue weighted by molar-refractivity contribution is 5.73. The van der Waals surface area contributed by atoms with Crippen LogP contribution in [0.15, 0.2) is 12.4 Å². The third-order valence-corrected chi connectivity index (χ3v) is 2.52. The molecule has 0 aliphatic heterocycles. The molecule has 0 radical (unpaired) electrons. The first kappa shape index (κ1) is 13.2. The summed E-state index contributed by atoms with van der Waals surface area (Å²) in [5.41, 5.74) is 0. The Bertz CT molecular complexity index is 400. The van der Waals surface area contributed by atoms with E-state index in [1.807, 2.05) is 11.5 Å². The zero-order valence-corrected chi connectivity index (χ0v) is 9.92. The van der Waals surface area contributed by atoms with Crippen molar-refractivity contribution in [1.29, 1.82) is 0 Å². The molecule has 94 valence electrons. The van der Waals surface area contributed by atoms with Gasteiger partial charge >= 0.3 is 11.9 Å². The maximum atomic E-state index is 11.2. The number of hydrogen-bond acceptors (Lipinski definition) is 4. The lowest BCUT2D eigenvalue weighted by Crippen LogP contribution is -2.16. The molecule has 0 bridgehead atoms. The Morgan fingerprint density at radius 2 is 2.24 bits per heavy atom. The van der Waals surface area contributed by atoms with Crippen LogP contribution in [0.1, 0.15) is 31.5 Å². The minimum Gasteiger partial charge on any atom is -0.481 e. The van der Waals surface area contributed by atoms with Crippen molar-refractivity contribution >= 4 is 11.9 Å². The van der Waals surface area contributed by atoms with Gasteiger partial charge in [0.15, 0.2) is 0 Å². The third-order valence-electron chi connectivity index (χ3n) is 2.52. The molecular weight excluding hydrogens is 224 g/mol. The fourth-order valence-electron chi connectivity index (χ4n) is 1.70. The van der Waals surface area contributed by atoms with Crippen LogP contribution >= 0.6 is 0 Å². The van der Waals surface area contributed by atoms with Crippen molar-refractivity contribution < 1.29 is 19.4 Å². The van der Waals surface area contributed by atoms with E-state index < -0.39 is 17.9 Å². The number of nitrogens with zero attached hydrogens (tertiary/aromatic N) is 2. The zero-order chi connectivity index (χ0) is 12.8. The number of rotatable bonds is 6. The van der Waals surface area contributed by atoms with Gasteiger partial charge in [-0.2, -0.15) is 0 Å². The van der Waals surface area contributed by atoms with Crippen molar-refractivity contribution in [3.05, 3.63) is 18.2 Å².